The van der Waals surface area contributed by atoms with Crippen LogP contribution in [-0.4, -0.2) is 34.3 Å². The molecule has 0 radical (unpaired) electrons. The van der Waals surface area contributed by atoms with E-state index in [0.29, 0.717) is 0 Å². The third-order valence-corrected chi connectivity index (χ3v) is 1.92. The smallest absolute Gasteiger partial charge is 0.342 e. The molecular weight excluding hydrogens is 264 g/mol. The van der Waals surface area contributed by atoms with Crippen LogP contribution in [0.3, 0.4) is 0 Å². The molecule has 0 unspecified atom stereocenters. The predicted molar refractivity (Wildman–Crippen MR) is 58.0 cm³/mol. The highest BCUT2D eigenvalue weighted by Gasteiger charge is 2.17. The van der Waals surface area contributed by atoms with Gasteiger partial charge in [-0.25, -0.2) is 4.79 Å². The number of carbonyl (C=O) groups is 1. The van der Waals surface area contributed by atoms with Gasteiger partial charge in [0.2, 0.25) is 0 Å². The Hall–Kier alpha value is -2.91. The van der Waals surface area contributed by atoms with E-state index in [0.717, 1.165) is 18.2 Å². The maximum Gasteiger partial charge on any atom is 0.342 e. The Morgan fingerprint density at radius 2 is 1.95 bits per heavy atom. The van der Waals surface area contributed by atoms with Crippen molar-refractivity contribution in [1.29, 1.82) is 0 Å². The van der Waals surface area contributed by atoms with Crippen LogP contribution in [0, 0.1) is 20.2 Å². The first-order valence-corrected chi connectivity index (χ1v) is 4.83. The molecule has 0 spiro atoms. The molecular formula is C9H8N2O8. The summed E-state index contributed by atoms with van der Waals surface area (Å²) >= 11 is 0. The van der Waals surface area contributed by atoms with Crippen molar-refractivity contribution >= 4 is 11.7 Å². The van der Waals surface area contributed by atoms with Crippen LogP contribution in [0.15, 0.2) is 18.2 Å². The lowest BCUT2D eigenvalue weighted by molar-refractivity contribution is -0.757. The molecule has 0 fully saturated rings. The van der Waals surface area contributed by atoms with Crippen LogP contribution in [0.4, 0.5) is 5.69 Å². The largest absolute Gasteiger partial charge is 0.507 e. The normalized spacial score (nSPS) is 9.68. The number of carbonyl (C=O) groups excluding carboxylic acids is 1. The van der Waals surface area contributed by atoms with E-state index in [9.17, 15) is 30.1 Å². The van der Waals surface area contributed by atoms with Crippen LogP contribution >= 0.6 is 0 Å². The van der Waals surface area contributed by atoms with E-state index in [4.69, 9.17) is 0 Å². The number of ether oxygens (including phenoxy) is 1. The van der Waals surface area contributed by atoms with Crippen molar-refractivity contribution < 1.29 is 29.5 Å². The van der Waals surface area contributed by atoms with Crippen molar-refractivity contribution in [3.8, 4) is 5.75 Å². The van der Waals surface area contributed by atoms with Gasteiger partial charge in [-0.05, 0) is 6.07 Å². The highest BCUT2D eigenvalue weighted by molar-refractivity contribution is 5.93. The number of esters is 1. The number of nitrogens with zero attached hydrogens (tertiary/aromatic N) is 2. The van der Waals surface area contributed by atoms with Crippen LogP contribution in [0.25, 0.3) is 0 Å². The molecule has 10 nitrogen and oxygen atoms in total. The summed E-state index contributed by atoms with van der Waals surface area (Å²) in [6.07, 6.45) is 0. The summed E-state index contributed by atoms with van der Waals surface area (Å²) in [6, 6.07) is 2.83. The van der Waals surface area contributed by atoms with E-state index in [-0.39, 0.29) is 0 Å². The third-order valence-electron chi connectivity index (χ3n) is 1.92. The molecule has 10 heteroatoms. The van der Waals surface area contributed by atoms with Crippen LogP contribution in [-0.2, 0) is 9.57 Å². The number of nitro benzene ring substituents is 1. The summed E-state index contributed by atoms with van der Waals surface area (Å²) in [5.41, 5.74) is -0.804. The molecule has 1 aromatic carbocycles. The second-order valence-electron chi connectivity index (χ2n) is 3.15. The molecule has 0 aliphatic heterocycles. The average molecular weight is 272 g/mol. The number of phenols is 1. The van der Waals surface area contributed by atoms with E-state index in [2.05, 4.69) is 9.57 Å². The van der Waals surface area contributed by atoms with Gasteiger partial charge in [0.25, 0.3) is 10.8 Å². The third kappa shape index (κ3) is 4.11. The van der Waals surface area contributed by atoms with E-state index < -0.39 is 46.2 Å². The molecule has 0 amide bonds. The highest BCUT2D eigenvalue weighted by Crippen LogP contribution is 2.23. The first-order valence-electron chi connectivity index (χ1n) is 4.83. The lowest BCUT2D eigenvalue weighted by Crippen LogP contribution is -2.13. The van der Waals surface area contributed by atoms with Crippen LogP contribution < -0.4 is 0 Å². The quantitative estimate of drug-likeness (QED) is 0.344. The van der Waals surface area contributed by atoms with Crippen molar-refractivity contribution in [1.82, 2.24) is 0 Å². The lowest BCUT2D eigenvalue weighted by Gasteiger charge is -2.05. The van der Waals surface area contributed by atoms with Gasteiger partial charge in [0.1, 0.15) is 24.5 Å². The number of hydrogen-bond acceptors (Lipinski definition) is 8. The molecule has 19 heavy (non-hydrogen) atoms. The van der Waals surface area contributed by atoms with Crippen molar-refractivity contribution in [3.05, 3.63) is 44.0 Å². The molecule has 1 rings (SSSR count). The summed E-state index contributed by atoms with van der Waals surface area (Å²) in [5.74, 6) is -1.54. The Kier molecular flexibility index (Phi) is 4.57. The number of benzene rings is 1. The van der Waals surface area contributed by atoms with Gasteiger partial charge >= 0.3 is 5.97 Å². The summed E-state index contributed by atoms with van der Waals surface area (Å²) in [7, 11) is 0. The van der Waals surface area contributed by atoms with Crippen molar-refractivity contribution in [2.45, 2.75) is 0 Å². The molecule has 1 aromatic rings. The number of non-ortho nitro benzene ring substituents is 1. The predicted octanol–water partition coefficient (Wildman–Crippen LogP) is 0.665. The summed E-state index contributed by atoms with van der Waals surface area (Å²) in [6.45, 7) is -0.906. The Balaban J connectivity index is 2.68. The number of nitro groups is 1. The zero-order chi connectivity index (χ0) is 14.4. The zero-order valence-electron chi connectivity index (χ0n) is 9.35. The lowest BCUT2D eigenvalue weighted by atomic mass is 10.2. The first-order chi connectivity index (χ1) is 8.91. The van der Waals surface area contributed by atoms with Gasteiger partial charge in [0.15, 0.2) is 0 Å². The molecule has 0 aliphatic carbocycles. The second-order valence-corrected chi connectivity index (χ2v) is 3.15. The molecule has 0 saturated heterocycles. The summed E-state index contributed by atoms with van der Waals surface area (Å²) in [5, 5.41) is 28.6. The van der Waals surface area contributed by atoms with Gasteiger partial charge in [0, 0.05) is 12.1 Å². The molecule has 0 aromatic heterocycles. The number of phenolic OH excluding ortho intramolecular Hbond substituents is 1. The minimum atomic E-state index is -1.06. The molecule has 102 valence electrons. The average Bonchev–Trinajstić information content (AvgIpc) is 2.34. The highest BCUT2D eigenvalue weighted by atomic mass is 17.0. The molecule has 1 N–H and O–H groups in total. The van der Waals surface area contributed by atoms with E-state index in [1.165, 1.54) is 0 Å². The monoisotopic (exact) mass is 272 g/mol. The Bertz CT molecular complexity index is 515. The van der Waals surface area contributed by atoms with Gasteiger partial charge in [-0.2, -0.15) is 0 Å². The number of hydrogen-bond donors (Lipinski definition) is 1. The Labute approximate surface area is 105 Å². The van der Waals surface area contributed by atoms with Crippen LogP contribution in [0.1, 0.15) is 10.4 Å². The summed E-state index contributed by atoms with van der Waals surface area (Å²) < 4.78 is 4.54. The van der Waals surface area contributed by atoms with Gasteiger partial charge in [-0.3, -0.25) is 10.1 Å². The van der Waals surface area contributed by atoms with Crippen LogP contribution in [0.5, 0.6) is 5.75 Å². The maximum atomic E-state index is 11.5. The molecule has 0 saturated carbocycles. The van der Waals surface area contributed by atoms with Gasteiger partial charge in [-0.15, -0.1) is 10.1 Å². The Morgan fingerprint density at radius 1 is 1.26 bits per heavy atom. The van der Waals surface area contributed by atoms with E-state index in [1.807, 2.05) is 0 Å². The van der Waals surface area contributed by atoms with Gasteiger partial charge in [-0.1, -0.05) is 0 Å². The SMILES string of the molecule is O=C(OCCO[N+](=O)[O-])c1cc([N+](=O)[O-])ccc1O. The van der Waals surface area contributed by atoms with Gasteiger partial charge < -0.3 is 14.7 Å². The minimum absolute atomic E-state index is 0.397. The zero-order valence-corrected chi connectivity index (χ0v) is 9.35. The fraction of sp³-hybridized carbons (Fsp3) is 0.222. The Morgan fingerprint density at radius 3 is 2.53 bits per heavy atom. The maximum absolute atomic E-state index is 11.5. The number of aromatic hydroxyl groups is 1. The molecule has 0 aliphatic rings. The van der Waals surface area contributed by atoms with Crippen molar-refractivity contribution in [2.24, 2.45) is 0 Å². The number of rotatable bonds is 6. The fourth-order valence-corrected chi connectivity index (χ4v) is 1.13. The van der Waals surface area contributed by atoms with Crippen molar-refractivity contribution in [2.75, 3.05) is 13.2 Å². The second kappa shape index (κ2) is 6.14. The molecule has 0 heterocycles. The first kappa shape index (κ1) is 14.2. The molecule has 0 atom stereocenters. The topological polar surface area (TPSA) is 142 Å². The van der Waals surface area contributed by atoms with E-state index in [1.54, 1.807) is 0 Å². The molecule has 0 bridgehead atoms. The van der Waals surface area contributed by atoms with Crippen molar-refractivity contribution in [3.63, 3.8) is 0 Å². The van der Waals surface area contributed by atoms with E-state index >= 15 is 0 Å². The standard InChI is InChI=1S/C9H8N2O8/c12-8-2-1-6(10(14)15)5-7(8)9(13)18-3-4-19-11(16)17/h1-2,5,12H,3-4H2. The van der Waals surface area contributed by atoms with Gasteiger partial charge in [0.05, 0.1) is 4.92 Å². The fourth-order valence-electron chi connectivity index (χ4n) is 1.13. The minimum Gasteiger partial charge on any atom is -0.507 e. The summed E-state index contributed by atoms with van der Waals surface area (Å²) in [4.78, 5) is 34.9. The van der Waals surface area contributed by atoms with Crippen LogP contribution in [0.2, 0.25) is 0 Å².